The minimum absolute atomic E-state index is 0.0510. The zero-order chi connectivity index (χ0) is 23.3. The fourth-order valence-electron chi connectivity index (χ4n) is 3.29. The van der Waals surface area contributed by atoms with Crippen LogP contribution < -0.4 is 14.8 Å². The number of hydrogen-bond donors (Lipinski definition) is 1. The number of ether oxygens (including phenoxy) is 2. The van der Waals surface area contributed by atoms with Gasteiger partial charge < -0.3 is 14.8 Å². The summed E-state index contributed by atoms with van der Waals surface area (Å²) in [6, 6.07) is 27.4. The van der Waals surface area contributed by atoms with Crippen molar-refractivity contribution in [1.82, 2.24) is 5.32 Å². The molecule has 1 amide bonds. The van der Waals surface area contributed by atoms with Gasteiger partial charge in [0.1, 0.15) is 18.2 Å². The lowest BCUT2D eigenvalue weighted by Crippen LogP contribution is -2.25. The summed E-state index contributed by atoms with van der Waals surface area (Å²) in [7, 11) is 0. The molecule has 0 spiro atoms. The molecule has 3 aromatic carbocycles. The first kappa shape index (κ1) is 23.6. The summed E-state index contributed by atoms with van der Waals surface area (Å²) in [5.74, 6) is 0.803. The molecule has 3 rings (SSSR count). The van der Waals surface area contributed by atoms with E-state index in [9.17, 15) is 10.1 Å². The first-order valence-corrected chi connectivity index (χ1v) is 11.1. The monoisotopic (exact) mass is 440 g/mol. The van der Waals surface area contributed by atoms with Gasteiger partial charge in [-0.3, -0.25) is 4.79 Å². The molecule has 0 heterocycles. The molecule has 0 saturated carbocycles. The highest BCUT2D eigenvalue weighted by atomic mass is 16.5. The molecule has 5 nitrogen and oxygen atoms in total. The predicted molar refractivity (Wildman–Crippen MR) is 130 cm³/mol. The third kappa shape index (κ3) is 7.55. The van der Waals surface area contributed by atoms with E-state index in [1.165, 1.54) is 5.56 Å². The second-order valence-corrected chi connectivity index (χ2v) is 7.43. The number of hydrogen-bond acceptors (Lipinski definition) is 4. The van der Waals surface area contributed by atoms with Crippen molar-refractivity contribution in [3.8, 4) is 17.6 Å². The lowest BCUT2D eigenvalue weighted by Gasteiger charge is -2.13. The summed E-state index contributed by atoms with van der Waals surface area (Å²) in [5, 5.41) is 12.3. The summed E-state index contributed by atoms with van der Waals surface area (Å²) >= 11 is 0. The van der Waals surface area contributed by atoms with Crippen LogP contribution in [-0.4, -0.2) is 19.1 Å². The molecule has 0 saturated heterocycles. The van der Waals surface area contributed by atoms with Crippen LogP contribution in [0.2, 0.25) is 0 Å². The number of carbonyl (C=O) groups excluding carboxylic acids is 1. The molecular weight excluding hydrogens is 412 g/mol. The van der Waals surface area contributed by atoms with Gasteiger partial charge in [0.15, 0.2) is 11.5 Å². The molecule has 33 heavy (non-hydrogen) atoms. The third-order valence-corrected chi connectivity index (χ3v) is 4.95. The molecule has 0 aliphatic rings. The summed E-state index contributed by atoms with van der Waals surface area (Å²) in [4.78, 5) is 12.5. The van der Waals surface area contributed by atoms with E-state index in [0.717, 1.165) is 18.4 Å². The van der Waals surface area contributed by atoms with Crippen LogP contribution in [0.1, 0.15) is 30.0 Å². The maximum Gasteiger partial charge on any atom is 0.261 e. The number of nitriles is 1. The molecular formula is C28H28N2O3. The van der Waals surface area contributed by atoms with Crippen molar-refractivity contribution in [3.63, 3.8) is 0 Å². The van der Waals surface area contributed by atoms with Crippen LogP contribution in [0.5, 0.6) is 11.5 Å². The zero-order valence-corrected chi connectivity index (χ0v) is 18.8. The number of rotatable bonds is 11. The number of carbonyl (C=O) groups is 1. The quantitative estimate of drug-likeness (QED) is 0.249. The number of benzene rings is 3. The Labute approximate surface area is 195 Å². The summed E-state index contributed by atoms with van der Waals surface area (Å²) in [5.41, 5.74) is 3.03. The summed E-state index contributed by atoms with van der Waals surface area (Å²) in [6.45, 7) is 3.29. The molecule has 0 fully saturated rings. The molecule has 1 N–H and O–H groups in total. The Morgan fingerprint density at radius 2 is 1.64 bits per heavy atom. The number of nitrogens with zero attached hydrogens (tertiary/aromatic N) is 1. The minimum Gasteiger partial charge on any atom is -0.490 e. The Hall–Kier alpha value is -4.04. The summed E-state index contributed by atoms with van der Waals surface area (Å²) < 4.78 is 11.6. The Balaban J connectivity index is 1.61. The topological polar surface area (TPSA) is 71.3 Å². The molecule has 3 aromatic rings. The molecule has 0 unspecified atom stereocenters. The molecule has 168 valence electrons. The fourth-order valence-corrected chi connectivity index (χ4v) is 3.29. The van der Waals surface area contributed by atoms with Crippen molar-refractivity contribution in [1.29, 1.82) is 5.26 Å². The van der Waals surface area contributed by atoms with Crippen molar-refractivity contribution in [2.75, 3.05) is 13.2 Å². The Morgan fingerprint density at radius 3 is 2.30 bits per heavy atom. The molecule has 5 heteroatoms. The standard InChI is InChI=1S/C28H28N2O3/c1-2-32-27-19-24(15-16-26(27)33-21-23-12-7-4-8-13-23)18-25(20-29)28(31)30-17-9-14-22-10-5-3-6-11-22/h3-8,10-13,15-16,18-19H,2,9,14,17,21H2,1H3,(H,30,31)/b25-18-. The van der Waals surface area contributed by atoms with E-state index in [1.807, 2.05) is 67.6 Å². The number of amides is 1. The average Bonchev–Trinajstić information content (AvgIpc) is 2.86. The van der Waals surface area contributed by atoms with Crippen LogP contribution in [0.4, 0.5) is 0 Å². The lowest BCUT2D eigenvalue weighted by molar-refractivity contribution is -0.117. The molecule has 0 aliphatic heterocycles. The Kier molecular flexibility index (Phi) is 9.11. The van der Waals surface area contributed by atoms with Gasteiger partial charge in [-0.25, -0.2) is 0 Å². The SMILES string of the molecule is CCOc1cc(/C=C(/C#N)C(=O)NCCCc2ccccc2)ccc1OCc1ccccc1. The van der Waals surface area contributed by atoms with Crippen LogP contribution in [-0.2, 0) is 17.8 Å². The van der Waals surface area contributed by atoms with Crippen LogP contribution in [0, 0.1) is 11.3 Å². The van der Waals surface area contributed by atoms with Crippen LogP contribution in [0.15, 0.2) is 84.4 Å². The van der Waals surface area contributed by atoms with E-state index in [1.54, 1.807) is 18.2 Å². The van der Waals surface area contributed by atoms with Gasteiger partial charge in [0.2, 0.25) is 0 Å². The molecule has 0 aliphatic carbocycles. The van der Waals surface area contributed by atoms with Gasteiger partial charge in [-0.1, -0.05) is 66.7 Å². The van der Waals surface area contributed by atoms with Crippen LogP contribution in [0.25, 0.3) is 6.08 Å². The second-order valence-electron chi connectivity index (χ2n) is 7.43. The van der Waals surface area contributed by atoms with Crippen molar-refractivity contribution in [2.24, 2.45) is 0 Å². The first-order chi connectivity index (χ1) is 16.2. The highest BCUT2D eigenvalue weighted by Gasteiger charge is 2.11. The minimum atomic E-state index is -0.382. The van der Waals surface area contributed by atoms with E-state index in [0.29, 0.717) is 36.8 Å². The molecule has 0 aromatic heterocycles. The van der Waals surface area contributed by atoms with Gasteiger partial charge in [-0.15, -0.1) is 0 Å². The van der Waals surface area contributed by atoms with Gasteiger partial charge in [-0.2, -0.15) is 5.26 Å². The van der Waals surface area contributed by atoms with E-state index >= 15 is 0 Å². The number of aryl methyl sites for hydroxylation is 1. The van der Waals surface area contributed by atoms with Crippen molar-refractivity contribution in [3.05, 3.63) is 101 Å². The van der Waals surface area contributed by atoms with Gasteiger partial charge in [0.05, 0.1) is 6.61 Å². The molecule has 0 bridgehead atoms. The highest BCUT2D eigenvalue weighted by molar-refractivity contribution is 6.01. The lowest BCUT2D eigenvalue weighted by atomic mass is 10.1. The smallest absolute Gasteiger partial charge is 0.261 e. The normalized spacial score (nSPS) is 10.8. The second kappa shape index (κ2) is 12.7. The van der Waals surface area contributed by atoms with Crippen molar-refractivity contribution < 1.29 is 14.3 Å². The van der Waals surface area contributed by atoms with Gasteiger partial charge >= 0.3 is 0 Å². The third-order valence-electron chi connectivity index (χ3n) is 4.95. The van der Waals surface area contributed by atoms with Crippen LogP contribution in [0.3, 0.4) is 0 Å². The Morgan fingerprint density at radius 1 is 0.939 bits per heavy atom. The maximum absolute atomic E-state index is 12.5. The van der Waals surface area contributed by atoms with Gasteiger partial charge in [0, 0.05) is 6.54 Å². The van der Waals surface area contributed by atoms with Crippen molar-refractivity contribution >= 4 is 12.0 Å². The van der Waals surface area contributed by atoms with Gasteiger partial charge in [-0.05, 0) is 54.7 Å². The van der Waals surface area contributed by atoms with E-state index in [4.69, 9.17) is 9.47 Å². The molecule has 0 atom stereocenters. The van der Waals surface area contributed by atoms with E-state index in [2.05, 4.69) is 17.4 Å². The largest absolute Gasteiger partial charge is 0.490 e. The summed E-state index contributed by atoms with van der Waals surface area (Å²) in [6.07, 6.45) is 3.24. The van der Waals surface area contributed by atoms with E-state index < -0.39 is 0 Å². The van der Waals surface area contributed by atoms with Crippen LogP contribution >= 0.6 is 0 Å². The molecule has 0 radical (unpaired) electrons. The Bertz CT molecular complexity index is 1100. The zero-order valence-electron chi connectivity index (χ0n) is 18.8. The maximum atomic E-state index is 12.5. The highest BCUT2D eigenvalue weighted by Crippen LogP contribution is 2.30. The van der Waals surface area contributed by atoms with Gasteiger partial charge in [0.25, 0.3) is 5.91 Å². The number of nitrogens with one attached hydrogen (secondary N) is 1. The fraction of sp³-hybridized carbons (Fsp3) is 0.214. The van der Waals surface area contributed by atoms with Crippen molar-refractivity contribution in [2.45, 2.75) is 26.4 Å². The van der Waals surface area contributed by atoms with E-state index in [-0.39, 0.29) is 11.5 Å². The first-order valence-electron chi connectivity index (χ1n) is 11.1. The average molecular weight is 441 g/mol. The predicted octanol–water partition coefficient (Wildman–Crippen LogP) is 5.32.